The van der Waals surface area contributed by atoms with Gasteiger partial charge in [0.1, 0.15) is 0 Å². The number of rotatable bonds is 1. The van der Waals surface area contributed by atoms with Crippen LogP contribution in [0.25, 0.3) is 0 Å². The number of nitrogens with zero attached hydrogens (tertiary/aromatic N) is 1. The summed E-state index contributed by atoms with van der Waals surface area (Å²) in [6, 6.07) is 0. The molecule has 1 aliphatic carbocycles. The molecule has 3 nitrogen and oxygen atoms in total. The summed E-state index contributed by atoms with van der Waals surface area (Å²) in [4.78, 5) is 4.89. The first-order valence-electron chi connectivity index (χ1n) is 3.84. The molecular weight excluding hydrogens is 128 g/mol. The molecule has 0 aromatic heterocycles. The molecule has 2 rings (SSSR count). The van der Waals surface area contributed by atoms with E-state index in [1.54, 1.807) is 0 Å². The predicted octanol–water partition coefficient (Wildman–Crippen LogP) is 0.848. The molecule has 10 heavy (non-hydrogen) atoms. The van der Waals surface area contributed by atoms with E-state index < -0.39 is 0 Å². The van der Waals surface area contributed by atoms with Gasteiger partial charge in [0.25, 0.3) is 0 Å². The van der Waals surface area contributed by atoms with E-state index >= 15 is 0 Å². The minimum atomic E-state index is -0.157. The van der Waals surface area contributed by atoms with Crippen molar-refractivity contribution in [1.82, 2.24) is 0 Å². The maximum atomic E-state index is 5.50. The van der Waals surface area contributed by atoms with Crippen LogP contribution in [0.2, 0.25) is 0 Å². The van der Waals surface area contributed by atoms with Crippen LogP contribution in [0.4, 0.5) is 0 Å². The van der Waals surface area contributed by atoms with E-state index in [2.05, 4.69) is 5.16 Å². The molecule has 56 valence electrons. The van der Waals surface area contributed by atoms with Crippen LogP contribution in [0.15, 0.2) is 5.16 Å². The highest BCUT2D eigenvalue weighted by atomic mass is 16.7. The maximum Gasteiger partial charge on any atom is 0.181 e. The smallest absolute Gasteiger partial charge is 0.181 e. The number of nitrogens with two attached hydrogens (primary N) is 1. The Kier molecular flexibility index (Phi) is 1.38. The molecule has 0 aromatic rings. The van der Waals surface area contributed by atoms with Crippen molar-refractivity contribution in [2.45, 2.75) is 31.9 Å². The van der Waals surface area contributed by atoms with Gasteiger partial charge in [-0.3, -0.25) is 5.73 Å². The molecule has 1 saturated carbocycles. The van der Waals surface area contributed by atoms with E-state index in [9.17, 15) is 0 Å². The average Bonchev–Trinajstić information content (AvgIpc) is 2.10. The lowest BCUT2D eigenvalue weighted by Crippen LogP contribution is -2.25. The predicted molar refractivity (Wildman–Crippen MR) is 38.5 cm³/mol. The number of oxime groups is 1. The van der Waals surface area contributed by atoms with E-state index in [0.717, 1.165) is 6.42 Å². The van der Waals surface area contributed by atoms with Gasteiger partial charge in [-0.1, -0.05) is 11.6 Å². The van der Waals surface area contributed by atoms with Gasteiger partial charge in [-0.05, 0) is 12.8 Å². The molecule has 3 heteroatoms. The van der Waals surface area contributed by atoms with Gasteiger partial charge in [-0.2, -0.15) is 0 Å². The van der Waals surface area contributed by atoms with Gasteiger partial charge in [0.2, 0.25) is 0 Å². The molecular formula is C7H12N2O. The molecule has 0 spiro atoms. The van der Waals surface area contributed by atoms with E-state index in [1.807, 2.05) is 0 Å². The van der Waals surface area contributed by atoms with E-state index in [4.69, 9.17) is 10.6 Å². The molecule has 0 bridgehead atoms. The monoisotopic (exact) mass is 140 g/mol. The zero-order chi connectivity index (χ0) is 6.97. The van der Waals surface area contributed by atoms with Gasteiger partial charge in [0.05, 0.1) is 5.71 Å². The van der Waals surface area contributed by atoms with Crippen LogP contribution in [0, 0.1) is 5.92 Å². The Morgan fingerprint density at radius 3 is 2.70 bits per heavy atom. The third-order valence-corrected chi connectivity index (χ3v) is 2.29. The molecule has 2 N–H and O–H groups in total. The molecule has 1 unspecified atom stereocenters. The Labute approximate surface area is 60.2 Å². The van der Waals surface area contributed by atoms with E-state index in [1.165, 1.54) is 25.0 Å². The third kappa shape index (κ3) is 0.904. The van der Waals surface area contributed by atoms with Crippen LogP contribution in [0.5, 0.6) is 0 Å². The van der Waals surface area contributed by atoms with Gasteiger partial charge in [-0.25, -0.2) is 0 Å². The number of hydrogen-bond acceptors (Lipinski definition) is 3. The van der Waals surface area contributed by atoms with Gasteiger partial charge >= 0.3 is 0 Å². The van der Waals surface area contributed by atoms with Crippen LogP contribution in [0.1, 0.15) is 25.7 Å². The van der Waals surface area contributed by atoms with Crippen LogP contribution in [-0.4, -0.2) is 11.9 Å². The first-order chi connectivity index (χ1) is 4.86. The Bertz CT molecular complexity index is 163. The highest BCUT2D eigenvalue weighted by Crippen LogP contribution is 2.31. The Morgan fingerprint density at radius 1 is 1.50 bits per heavy atom. The summed E-state index contributed by atoms with van der Waals surface area (Å²) in [6.07, 6.45) is 4.61. The summed E-state index contributed by atoms with van der Waals surface area (Å²) in [6.45, 7) is 0. The SMILES string of the molecule is NC1CC(C2CCC2)=NO1. The van der Waals surface area contributed by atoms with E-state index in [0.29, 0.717) is 5.92 Å². The normalized spacial score (nSPS) is 32.9. The highest BCUT2D eigenvalue weighted by Gasteiger charge is 2.28. The zero-order valence-corrected chi connectivity index (χ0v) is 5.92. The minimum absolute atomic E-state index is 0.157. The first kappa shape index (κ1) is 6.16. The second kappa shape index (κ2) is 2.23. The summed E-state index contributed by atoms with van der Waals surface area (Å²) < 4.78 is 0. The van der Waals surface area contributed by atoms with Crippen LogP contribution >= 0.6 is 0 Å². The molecule has 0 saturated heterocycles. The molecule has 1 atom stereocenters. The van der Waals surface area contributed by atoms with Crippen molar-refractivity contribution in [3.8, 4) is 0 Å². The zero-order valence-electron chi connectivity index (χ0n) is 5.92. The van der Waals surface area contributed by atoms with Gasteiger partial charge in [0.15, 0.2) is 6.23 Å². The summed E-state index contributed by atoms with van der Waals surface area (Å²) in [5.74, 6) is 0.702. The molecule has 0 amide bonds. The van der Waals surface area contributed by atoms with Crippen molar-refractivity contribution in [3.63, 3.8) is 0 Å². The van der Waals surface area contributed by atoms with Gasteiger partial charge in [0, 0.05) is 12.3 Å². The summed E-state index contributed by atoms with van der Waals surface area (Å²) in [5, 5.41) is 3.93. The van der Waals surface area contributed by atoms with Crippen molar-refractivity contribution in [2.24, 2.45) is 16.8 Å². The summed E-state index contributed by atoms with van der Waals surface area (Å²) >= 11 is 0. The topological polar surface area (TPSA) is 47.6 Å². The second-order valence-electron chi connectivity index (χ2n) is 3.06. The van der Waals surface area contributed by atoms with Crippen molar-refractivity contribution in [3.05, 3.63) is 0 Å². The van der Waals surface area contributed by atoms with Crippen LogP contribution < -0.4 is 5.73 Å². The van der Waals surface area contributed by atoms with E-state index in [-0.39, 0.29) is 6.23 Å². The van der Waals surface area contributed by atoms with Gasteiger partial charge in [-0.15, -0.1) is 0 Å². The Balaban J connectivity index is 1.93. The summed E-state index contributed by atoms with van der Waals surface area (Å²) in [5.41, 5.74) is 6.70. The average molecular weight is 140 g/mol. The summed E-state index contributed by atoms with van der Waals surface area (Å²) in [7, 11) is 0. The third-order valence-electron chi connectivity index (χ3n) is 2.29. The Hall–Kier alpha value is -0.570. The fraction of sp³-hybridized carbons (Fsp3) is 0.857. The second-order valence-corrected chi connectivity index (χ2v) is 3.06. The van der Waals surface area contributed by atoms with Crippen LogP contribution in [-0.2, 0) is 4.84 Å². The van der Waals surface area contributed by atoms with Crippen LogP contribution in [0.3, 0.4) is 0 Å². The van der Waals surface area contributed by atoms with Crippen molar-refractivity contribution in [1.29, 1.82) is 0 Å². The molecule has 0 aromatic carbocycles. The minimum Gasteiger partial charge on any atom is -0.377 e. The maximum absolute atomic E-state index is 5.50. The van der Waals surface area contributed by atoms with Crippen molar-refractivity contribution < 1.29 is 4.84 Å². The van der Waals surface area contributed by atoms with Crippen molar-refractivity contribution >= 4 is 5.71 Å². The Morgan fingerprint density at radius 2 is 2.30 bits per heavy atom. The lowest BCUT2D eigenvalue weighted by Gasteiger charge is -2.23. The fourth-order valence-electron chi connectivity index (χ4n) is 1.40. The first-order valence-corrected chi connectivity index (χ1v) is 3.84. The quantitative estimate of drug-likeness (QED) is 0.587. The standard InChI is InChI=1S/C7H12N2O/c8-7-4-6(9-10-7)5-2-1-3-5/h5,7H,1-4,8H2. The lowest BCUT2D eigenvalue weighted by molar-refractivity contribution is 0.0905. The molecule has 2 aliphatic rings. The largest absolute Gasteiger partial charge is 0.377 e. The van der Waals surface area contributed by atoms with Crippen molar-refractivity contribution in [2.75, 3.05) is 0 Å². The van der Waals surface area contributed by atoms with Gasteiger partial charge < -0.3 is 4.84 Å². The molecule has 1 heterocycles. The fourth-order valence-corrected chi connectivity index (χ4v) is 1.40. The lowest BCUT2D eigenvalue weighted by atomic mass is 9.81. The molecule has 0 radical (unpaired) electrons. The number of hydrogen-bond donors (Lipinski definition) is 1. The molecule has 1 aliphatic heterocycles. The highest BCUT2D eigenvalue weighted by molar-refractivity contribution is 5.88. The molecule has 1 fully saturated rings.